The third-order valence-electron chi connectivity index (χ3n) is 3.56. The van der Waals surface area contributed by atoms with Crippen molar-refractivity contribution in [2.75, 3.05) is 6.61 Å². The molecule has 0 aromatic heterocycles. The summed E-state index contributed by atoms with van der Waals surface area (Å²) in [6.07, 6.45) is 5.52. The Morgan fingerprint density at radius 3 is 2.32 bits per heavy atom. The molecule has 0 bridgehead atoms. The molecule has 0 radical (unpaired) electrons. The zero-order valence-corrected chi connectivity index (χ0v) is 12.3. The molecule has 1 rings (SSSR count). The van der Waals surface area contributed by atoms with E-state index in [2.05, 4.69) is 0 Å². The van der Waals surface area contributed by atoms with Crippen LogP contribution in [0.4, 0.5) is 0 Å². The van der Waals surface area contributed by atoms with E-state index in [0.717, 1.165) is 12.8 Å². The van der Waals surface area contributed by atoms with Crippen LogP contribution in [0.5, 0.6) is 0 Å². The monoisotopic (exact) mass is 270 g/mol. The molecule has 1 unspecified atom stereocenters. The van der Waals surface area contributed by atoms with Crippen LogP contribution in [0.25, 0.3) is 0 Å². The summed E-state index contributed by atoms with van der Waals surface area (Å²) in [7, 11) is 0. The van der Waals surface area contributed by atoms with Crippen LogP contribution in [0.15, 0.2) is 0 Å². The van der Waals surface area contributed by atoms with E-state index in [-0.39, 0.29) is 11.9 Å². The predicted molar refractivity (Wildman–Crippen MR) is 72.5 cm³/mol. The highest BCUT2D eigenvalue weighted by Crippen LogP contribution is 2.27. The highest BCUT2D eigenvalue weighted by molar-refractivity contribution is 5.79. The van der Waals surface area contributed by atoms with Crippen LogP contribution in [0.3, 0.4) is 0 Å². The van der Waals surface area contributed by atoms with Crippen molar-refractivity contribution in [2.24, 2.45) is 11.8 Å². The van der Waals surface area contributed by atoms with Gasteiger partial charge < -0.3 is 9.47 Å². The van der Waals surface area contributed by atoms with E-state index in [0.29, 0.717) is 18.9 Å². The molecule has 1 fully saturated rings. The van der Waals surface area contributed by atoms with Crippen molar-refractivity contribution in [3.05, 3.63) is 0 Å². The summed E-state index contributed by atoms with van der Waals surface area (Å²) in [5.74, 6) is -0.334. The number of rotatable bonds is 6. The van der Waals surface area contributed by atoms with Gasteiger partial charge in [-0.2, -0.15) is 0 Å². The Morgan fingerprint density at radius 2 is 1.79 bits per heavy atom. The van der Waals surface area contributed by atoms with Gasteiger partial charge in [-0.05, 0) is 25.7 Å². The summed E-state index contributed by atoms with van der Waals surface area (Å²) >= 11 is 0. The molecule has 0 aromatic carbocycles. The Kier molecular flexibility index (Phi) is 6.89. The fourth-order valence-electron chi connectivity index (χ4n) is 2.50. The third-order valence-corrected chi connectivity index (χ3v) is 3.56. The Morgan fingerprint density at radius 1 is 1.16 bits per heavy atom. The van der Waals surface area contributed by atoms with Crippen molar-refractivity contribution in [1.29, 1.82) is 0 Å². The van der Waals surface area contributed by atoms with Gasteiger partial charge in [-0.1, -0.05) is 33.1 Å². The summed E-state index contributed by atoms with van der Waals surface area (Å²) in [5.41, 5.74) is 0. The maximum Gasteiger partial charge on any atom is 0.347 e. The van der Waals surface area contributed by atoms with Crippen molar-refractivity contribution >= 4 is 11.9 Å². The van der Waals surface area contributed by atoms with Gasteiger partial charge in [0.05, 0.1) is 6.61 Å². The van der Waals surface area contributed by atoms with Crippen LogP contribution in [0, 0.1) is 11.8 Å². The third kappa shape index (κ3) is 5.62. The fraction of sp³-hybridized carbons (Fsp3) is 0.867. The van der Waals surface area contributed by atoms with Crippen LogP contribution >= 0.6 is 0 Å². The number of carbonyl (C=O) groups excluding carboxylic acids is 2. The highest BCUT2D eigenvalue weighted by atomic mass is 16.6. The molecule has 0 aromatic rings. The zero-order chi connectivity index (χ0) is 14.3. The lowest BCUT2D eigenvalue weighted by Gasteiger charge is -2.23. The normalized spacial score (nSPS) is 18.1. The van der Waals surface area contributed by atoms with E-state index in [1.54, 1.807) is 6.92 Å². The highest BCUT2D eigenvalue weighted by Gasteiger charge is 2.28. The molecule has 1 aliphatic carbocycles. The SMILES string of the molecule is CCOC(=O)C(OC(=O)CC1CCCCC1)C(C)C. The second kappa shape index (κ2) is 8.18. The minimum Gasteiger partial charge on any atom is -0.463 e. The molecule has 110 valence electrons. The molecule has 0 saturated heterocycles. The van der Waals surface area contributed by atoms with E-state index >= 15 is 0 Å². The number of esters is 2. The van der Waals surface area contributed by atoms with E-state index in [4.69, 9.17) is 9.47 Å². The molecule has 4 heteroatoms. The predicted octanol–water partition coefficient (Wildman–Crippen LogP) is 3.09. The molecule has 0 N–H and O–H groups in total. The van der Waals surface area contributed by atoms with Crippen molar-refractivity contribution in [3.63, 3.8) is 0 Å². The van der Waals surface area contributed by atoms with E-state index < -0.39 is 12.1 Å². The lowest BCUT2D eigenvalue weighted by atomic mass is 9.87. The van der Waals surface area contributed by atoms with Crippen LogP contribution in [-0.4, -0.2) is 24.6 Å². The Balaban J connectivity index is 2.44. The summed E-state index contributed by atoms with van der Waals surface area (Å²) in [6.45, 7) is 5.77. The fourth-order valence-corrected chi connectivity index (χ4v) is 2.50. The first-order valence-electron chi connectivity index (χ1n) is 7.40. The van der Waals surface area contributed by atoms with Crippen LogP contribution in [0.1, 0.15) is 59.3 Å². The number of hydrogen-bond donors (Lipinski definition) is 0. The molecule has 0 amide bonds. The lowest BCUT2D eigenvalue weighted by molar-refractivity contribution is -0.171. The molecular weight excluding hydrogens is 244 g/mol. The number of hydrogen-bond acceptors (Lipinski definition) is 4. The van der Waals surface area contributed by atoms with Gasteiger partial charge in [-0.3, -0.25) is 4.79 Å². The smallest absolute Gasteiger partial charge is 0.347 e. The standard InChI is InChI=1S/C15H26O4/c1-4-18-15(17)14(11(2)3)19-13(16)10-12-8-6-5-7-9-12/h11-12,14H,4-10H2,1-3H3. The summed E-state index contributed by atoms with van der Waals surface area (Å²) in [6, 6.07) is 0. The number of ether oxygens (including phenoxy) is 2. The van der Waals surface area contributed by atoms with Gasteiger partial charge in [-0.25, -0.2) is 4.79 Å². The first-order valence-corrected chi connectivity index (χ1v) is 7.40. The molecule has 4 nitrogen and oxygen atoms in total. The molecule has 0 heterocycles. The Labute approximate surface area is 115 Å². The molecule has 19 heavy (non-hydrogen) atoms. The Hall–Kier alpha value is -1.06. The van der Waals surface area contributed by atoms with Gasteiger partial charge in [0.25, 0.3) is 0 Å². The minimum absolute atomic E-state index is 0.0608. The molecule has 1 saturated carbocycles. The van der Waals surface area contributed by atoms with Gasteiger partial charge in [0, 0.05) is 12.3 Å². The van der Waals surface area contributed by atoms with Gasteiger partial charge in [0.15, 0.2) is 0 Å². The molecule has 0 aliphatic heterocycles. The minimum atomic E-state index is -0.768. The Bertz CT molecular complexity index is 293. The van der Waals surface area contributed by atoms with E-state index in [1.165, 1.54) is 19.3 Å². The van der Waals surface area contributed by atoms with Gasteiger partial charge >= 0.3 is 11.9 Å². The van der Waals surface area contributed by atoms with Gasteiger partial charge in [-0.15, -0.1) is 0 Å². The maximum atomic E-state index is 11.9. The lowest BCUT2D eigenvalue weighted by Crippen LogP contribution is -2.34. The zero-order valence-electron chi connectivity index (χ0n) is 12.3. The van der Waals surface area contributed by atoms with Crippen molar-refractivity contribution < 1.29 is 19.1 Å². The topological polar surface area (TPSA) is 52.6 Å². The summed E-state index contributed by atoms with van der Waals surface area (Å²) in [4.78, 5) is 23.6. The molecule has 0 spiro atoms. The first-order chi connectivity index (χ1) is 9.04. The first kappa shape index (κ1) is 16.0. The summed E-state index contributed by atoms with van der Waals surface area (Å²) in [5, 5.41) is 0. The van der Waals surface area contributed by atoms with Gasteiger partial charge in [0.1, 0.15) is 0 Å². The van der Waals surface area contributed by atoms with Crippen LogP contribution in [0.2, 0.25) is 0 Å². The van der Waals surface area contributed by atoms with Crippen molar-refractivity contribution in [1.82, 2.24) is 0 Å². The van der Waals surface area contributed by atoms with Crippen molar-refractivity contribution in [3.8, 4) is 0 Å². The van der Waals surface area contributed by atoms with E-state index in [9.17, 15) is 9.59 Å². The second-order valence-electron chi connectivity index (χ2n) is 5.61. The largest absolute Gasteiger partial charge is 0.463 e. The molecular formula is C15H26O4. The van der Waals surface area contributed by atoms with Gasteiger partial charge in [0.2, 0.25) is 6.10 Å². The average molecular weight is 270 g/mol. The average Bonchev–Trinajstić information content (AvgIpc) is 2.37. The second-order valence-corrected chi connectivity index (χ2v) is 5.61. The number of carbonyl (C=O) groups is 2. The molecule has 1 atom stereocenters. The van der Waals surface area contributed by atoms with Crippen LogP contribution in [-0.2, 0) is 19.1 Å². The molecule has 1 aliphatic rings. The summed E-state index contributed by atoms with van der Waals surface area (Å²) < 4.78 is 10.3. The van der Waals surface area contributed by atoms with E-state index in [1.807, 2.05) is 13.8 Å². The van der Waals surface area contributed by atoms with Crippen molar-refractivity contribution in [2.45, 2.75) is 65.4 Å². The van der Waals surface area contributed by atoms with Crippen LogP contribution < -0.4 is 0 Å². The quantitative estimate of drug-likeness (QED) is 0.696. The maximum absolute atomic E-state index is 11.9.